The molecule has 0 bridgehead atoms. The summed E-state index contributed by atoms with van der Waals surface area (Å²) in [4.78, 5) is 14.4. The van der Waals surface area contributed by atoms with E-state index >= 15 is 0 Å². The lowest BCUT2D eigenvalue weighted by atomic mass is 9.72. The molecule has 1 N–H and O–H groups in total. The molecule has 3 nitrogen and oxygen atoms in total. The molecule has 1 fully saturated rings. The predicted molar refractivity (Wildman–Crippen MR) is 74.3 cm³/mol. The SMILES string of the molecule is CC(C)N1c2ccc(C(F)(F)F)cc2NC(=O)C12CCC2. The fourth-order valence-corrected chi connectivity index (χ4v) is 3.35. The fourth-order valence-electron chi connectivity index (χ4n) is 3.35. The zero-order valence-electron chi connectivity index (χ0n) is 11.9. The van der Waals surface area contributed by atoms with Gasteiger partial charge in [0, 0.05) is 6.04 Å². The van der Waals surface area contributed by atoms with E-state index in [0.29, 0.717) is 5.69 Å². The molecule has 0 unspecified atom stereocenters. The number of carbonyl (C=O) groups is 1. The molecular weight excluding hydrogens is 281 g/mol. The number of hydrogen-bond acceptors (Lipinski definition) is 2. The lowest BCUT2D eigenvalue weighted by Crippen LogP contribution is -2.65. The molecule has 0 saturated heterocycles. The van der Waals surface area contributed by atoms with Crippen LogP contribution in [0.4, 0.5) is 24.5 Å². The molecule has 6 heteroatoms. The molecule has 1 aromatic rings. The van der Waals surface area contributed by atoms with Crippen LogP contribution >= 0.6 is 0 Å². The molecule has 0 radical (unpaired) electrons. The largest absolute Gasteiger partial charge is 0.416 e. The molecule has 1 spiro atoms. The van der Waals surface area contributed by atoms with E-state index in [2.05, 4.69) is 5.32 Å². The van der Waals surface area contributed by atoms with E-state index in [9.17, 15) is 18.0 Å². The Balaban J connectivity index is 2.10. The molecule has 1 saturated carbocycles. The summed E-state index contributed by atoms with van der Waals surface area (Å²) >= 11 is 0. The minimum Gasteiger partial charge on any atom is -0.353 e. The maximum atomic E-state index is 12.8. The van der Waals surface area contributed by atoms with Crippen LogP contribution in [0.15, 0.2) is 18.2 Å². The molecule has 114 valence electrons. The van der Waals surface area contributed by atoms with Gasteiger partial charge in [-0.05, 0) is 51.3 Å². The predicted octanol–water partition coefficient (Wildman–Crippen LogP) is 3.80. The topological polar surface area (TPSA) is 32.3 Å². The number of anilines is 2. The van der Waals surface area contributed by atoms with Crippen LogP contribution in [0.3, 0.4) is 0 Å². The molecule has 1 aliphatic carbocycles. The first kappa shape index (κ1) is 14.2. The van der Waals surface area contributed by atoms with Crippen molar-refractivity contribution in [3.05, 3.63) is 23.8 Å². The van der Waals surface area contributed by atoms with Crippen molar-refractivity contribution in [3.63, 3.8) is 0 Å². The Morgan fingerprint density at radius 3 is 2.43 bits per heavy atom. The number of hydrogen-bond donors (Lipinski definition) is 1. The molecule has 21 heavy (non-hydrogen) atoms. The number of carbonyl (C=O) groups excluding carboxylic acids is 1. The van der Waals surface area contributed by atoms with Gasteiger partial charge in [0.1, 0.15) is 5.54 Å². The zero-order valence-corrected chi connectivity index (χ0v) is 11.9. The Bertz CT molecular complexity index is 591. The number of rotatable bonds is 1. The monoisotopic (exact) mass is 298 g/mol. The highest BCUT2D eigenvalue weighted by Crippen LogP contribution is 2.49. The first-order valence-corrected chi connectivity index (χ1v) is 7.08. The summed E-state index contributed by atoms with van der Waals surface area (Å²) in [5.74, 6) is -0.186. The standard InChI is InChI=1S/C15H17F3N2O/c1-9(2)20-12-5-4-10(15(16,17)18)8-11(12)19-13(21)14(20)6-3-7-14/h4-5,8-9H,3,6-7H2,1-2H3,(H,19,21). The van der Waals surface area contributed by atoms with Crippen molar-refractivity contribution in [2.24, 2.45) is 0 Å². The summed E-state index contributed by atoms with van der Waals surface area (Å²) in [6, 6.07) is 3.62. The van der Waals surface area contributed by atoms with Crippen LogP contribution in [0.2, 0.25) is 0 Å². The summed E-state index contributed by atoms with van der Waals surface area (Å²) in [7, 11) is 0. The Labute approximate surface area is 121 Å². The van der Waals surface area contributed by atoms with Gasteiger partial charge >= 0.3 is 6.18 Å². The second kappa shape index (κ2) is 4.39. The van der Waals surface area contributed by atoms with E-state index in [-0.39, 0.29) is 17.6 Å². The van der Waals surface area contributed by atoms with Gasteiger partial charge in [-0.2, -0.15) is 13.2 Å². The van der Waals surface area contributed by atoms with Gasteiger partial charge in [-0.3, -0.25) is 4.79 Å². The van der Waals surface area contributed by atoms with Gasteiger partial charge in [0.25, 0.3) is 0 Å². The number of amides is 1. The van der Waals surface area contributed by atoms with Gasteiger partial charge in [-0.25, -0.2) is 0 Å². The summed E-state index contributed by atoms with van der Waals surface area (Å²) in [6.07, 6.45) is -1.95. The van der Waals surface area contributed by atoms with Crippen LogP contribution in [0.1, 0.15) is 38.7 Å². The first-order chi connectivity index (χ1) is 9.75. The maximum Gasteiger partial charge on any atom is 0.416 e. The zero-order chi connectivity index (χ0) is 15.4. The second-order valence-electron chi connectivity index (χ2n) is 6.03. The first-order valence-electron chi connectivity index (χ1n) is 7.08. The number of fused-ring (bicyclic) bond motifs is 1. The van der Waals surface area contributed by atoms with E-state index in [1.165, 1.54) is 6.07 Å². The number of benzene rings is 1. The highest BCUT2D eigenvalue weighted by molar-refractivity contribution is 6.07. The number of nitrogens with one attached hydrogen (secondary N) is 1. The molecule has 1 aliphatic heterocycles. The van der Waals surface area contributed by atoms with Crippen LogP contribution in [-0.2, 0) is 11.0 Å². The lowest BCUT2D eigenvalue weighted by molar-refractivity contribution is -0.137. The summed E-state index contributed by atoms with van der Waals surface area (Å²) in [5, 5.41) is 2.67. The summed E-state index contributed by atoms with van der Waals surface area (Å²) < 4.78 is 38.4. The van der Waals surface area contributed by atoms with Gasteiger partial charge in [0.05, 0.1) is 16.9 Å². The van der Waals surface area contributed by atoms with Crippen molar-refractivity contribution in [2.75, 3.05) is 10.2 Å². The number of nitrogens with zero attached hydrogens (tertiary/aromatic N) is 1. The second-order valence-corrected chi connectivity index (χ2v) is 6.03. The smallest absolute Gasteiger partial charge is 0.353 e. The molecule has 1 heterocycles. The molecular formula is C15H17F3N2O. The minimum absolute atomic E-state index is 0.0480. The third kappa shape index (κ3) is 2.00. The van der Waals surface area contributed by atoms with E-state index in [0.717, 1.165) is 31.4 Å². The fraction of sp³-hybridized carbons (Fsp3) is 0.533. The Morgan fingerprint density at radius 2 is 1.95 bits per heavy atom. The average Bonchev–Trinajstić information content (AvgIpc) is 2.32. The molecule has 3 rings (SSSR count). The van der Waals surface area contributed by atoms with Crippen LogP contribution < -0.4 is 10.2 Å². The highest BCUT2D eigenvalue weighted by Gasteiger charge is 2.53. The van der Waals surface area contributed by atoms with E-state index in [4.69, 9.17) is 0 Å². The normalized spacial score (nSPS) is 20.3. The quantitative estimate of drug-likeness (QED) is 0.855. The van der Waals surface area contributed by atoms with Crippen molar-refractivity contribution in [3.8, 4) is 0 Å². The van der Waals surface area contributed by atoms with E-state index in [1.807, 2.05) is 18.7 Å². The van der Waals surface area contributed by atoms with Gasteiger partial charge < -0.3 is 10.2 Å². The van der Waals surface area contributed by atoms with Crippen molar-refractivity contribution in [1.82, 2.24) is 0 Å². The minimum atomic E-state index is -4.41. The van der Waals surface area contributed by atoms with Crippen LogP contribution in [0.25, 0.3) is 0 Å². The van der Waals surface area contributed by atoms with Gasteiger partial charge in [-0.1, -0.05) is 0 Å². The highest BCUT2D eigenvalue weighted by atomic mass is 19.4. The summed E-state index contributed by atoms with van der Waals surface area (Å²) in [5.41, 5.74) is -0.394. The van der Waals surface area contributed by atoms with Gasteiger partial charge in [0.2, 0.25) is 5.91 Å². The van der Waals surface area contributed by atoms with Crippen molar-refractivity contribution >= 4 is 17.3 Å². The third-order valence-electron chi connectivity index (χ3n) is 4.41. The molecule has 0 aromatic heterocycles. The van der Waals surface area contributed by atoms with Gasteiger partial charge in [0.15, 0.2) is 0 Å². The molecule has 2 aliphatic rings. The van der Waals surface area contributed by atoms with Crippen molar-refractivity contribution in [1.29, 1.82) is 0 Å². The van der Waals surface area contributed by atoms with Crippen LogP contribution in [0, 0.1) is 0 Å². The van der Waals surface area contributed by atoms with Crippen LogP contribution in [-0.4, -0.2) is 17.5 Å². The summed E-state index contributed by atoms with van der Waals surface area (Å²) in [6.45, 7) is 3.92. The van der Waals surface area contributed by atoms with E-state index < -0.39 is 17.3 Å². The molecule has 1 aromatic carbocycles. The van der Waals surface area contributed by atoms with E-state index in [1.54, 1.807) is 0 Å². The maximum absolute atomic E-state index is 12.8. The van der Waals surface area contributed by atoms with Crippen LogP contribution in [0.5, 0.6) is 0 Å². The van der Waals surface area contributed by atoms with Crippen molar-refractivity contribution in [2.45, 2.75) is 50.9 Å². The van der Waals surface area contributed by atoms with Gasteiger partial charge in [-0.15, -0.1) is 0 Å². The lowest BCUT2D eigenvalue weighted by Gasteiger charge is -2.54. The Hall–Kier alpha value is -1.72. The molecule has 0 atom stereocenters. The number of halogens is 3. The third-order valence-corrected chi connectivity index (χ3v) is 4.41. The number of alkyl halides is 3. The Kier molecular flexibility index (Phi) is 2.97. The van der Waals surface area contributed by atoms with Crippen molar-refractivity contribution < 1.29 is 18.0 Å². The Morgan fingerprint density at radius 1 is 1.29 bits per heavy atom. The average molecular weight is 298 g/mol. The molecule has 1 amide bonds.